The number of hydrogen-bond donors (Lipinski definition) is 1. The number of carbonyl (C=O) groups is 1. The van der Waals surface area contributed by atoms with Crippen LogP contribution in [0.3, 0.4) is 0 Å². The average molecular weight is 382 g/mol. The summed E-state index contributed by atoms with van der Waals surface area (Å²) in [5.41, 5.74) is 4.88. The van der Waals surface area contributed by atoms with Crippen molar-refractivity contribution in [2.24, 2.45) is 7.05 Å². The van der Waals surface area contributed by atoms with Crippen molar-refractivity contribution in [1.29, 1.82) is 0 Å². The molecular weight excluding hydrogens is 356 g/mol. The first kappa shape index (κ1) is 19.7. The van der Waals surface area contributed by atoms with Crippen molar-refractivity contribution in [2.45, 2.75) is 47.0 Å². The van der Waals surface area contributed by atoms with Gasteiger partial charge in [-0.25, -0.2) is 9.97 Å². The summed E-state index contributed by atoms with van der Waals surface area (Å²) in [5.74, 6) is 1.47. The monoisotopic (exact) mass is 382 g/mol. The van der Waals surface area contributed by atoms with Crippen LogP contribution in [0.4, 0.5) is 0 Å². The Labute approximate surface area is 164 Å². The maximum absolute atomic E-state index is 12.5. The second kappa shape index (κ2) is 7.92. The van der Waals surface area contributed by atoms with Crippen molar-refractivity contribution in [3.63, 3.8) is 0 Å². The van der Waals surface area contributed by atoms with Crippen LogP contribution in [0.15, 0.2) is 16.8 Å². The Balaban J connectivity index is 1.74. The minimum absolute atomic E-state index is 0.152. The Morgan fingerprint density at radius 3 is 2.64 bits per heavy atom. The lowest BCUT2D eigenvalue weighted by Crippen LogP contribution is -2.28. The second-order valence-corrected chi connectivity index (χ2v) is 7.24. The predicted molar refractivity (Wildman–Crippen MR) is 105 cm³/mol. The molecule has 1 amide bonds. The van der Waals surface area contributed by atoms with E-state index in [9.17, 15) is 4.79 Å². The number of nitrogens with zero attached hydrogens (tertiary/aromatic N) is 5. The first-order chi connectivity index (χ1) is 13.3. The minimum atomic E-state index is -0.152. The van der Waals surface area contributed by atoms with E-state index in [0.717, 1.165) is 28.2 Å². The van der Waals surface area contributed by atoms with Crippen molar-refractivity contribution >= 4 is 5.91 Å². The van der Waals surface area contributed by atoms with Crippen molar-refractivity contribution in [3.8, 4) is 11.3 Å². The van der Waals surface area contributed by atoms with E-state index in [2.05, 4.69) is 39.4 Å². The van der Waals surface area contributed by atoms with E-state index in [1.165, 1.54) is 0 Å². The lowest BCUT2D eigenvalue weighted by molar-refractivity contribution is 0.0944. The van der Waals surface area contributed by atoms with Crippen LogP contribution < -0.4 is 5.32 Å². The molecule has 3 aromatic heterocycles. The molecule has 28 heavy (non-hydrogen) atoms. The summed E-state index contributed by atoms with van der Waals surface area (Å²) in [6, 6.07) is 1.83. The lowest BCUT2D eigenvalue weighted by Gasteiger charge is -2.09. The summed E-state index contributed by atoms with van der Waals surface area (Å²) in [6.07, 6.45) is 2.31. The third-order valence-corrected chi connectivity index (χ3v) is 4.76. The number of amides is 1. The molecule has 3 rings (SSSR count). The molecule has 0 unspecified atom stereocenters. The quantitative estimate of drug-likeness (QED) is 0.704. The highest BCUT2D eigenvalue weighted by Gasteiger charge is 2.18. The molecule has 0 radical (unpaired) electrons. The van der Waals surface area contributed by atoms with E-state index in [-0.39, 0.29) is 11.8 Å². The Morgan fingerprint density at radius 1 is 1.29 bits per heavy atom. The van der Waals surface area contributed by atoms with Crippen molar-refractivity contribution in [3.05, 3.63) is 46.4 Å². The van der Waals surface area contributed by atoms with Gasteiger partial charge in [0.25, 0.3) is 5.91 Å². The molecule has 0 spiro atoms. The highest BCUT2D eigenvalue weighted by molar-refractivity contribution is 5.92. The maximum atomic E-state index is 12.5. The van der Waals surface area contributed by atoms with Gasteiger partial charge in [0.2, 0.25) is 0 Å². The summed E-state index contributed by atoms with van der Waals surface area (Å²) in [7, 11) is 1.78. The molecule has 8 heteroatoms. The van der Waals surface area contributed by atoms with Crippen LogP contribution in [-0.2, 0) is 13.5 Å². The normalized spacial score (nSPS) is 11.2. The van der Waals surface area contributed by atoms with Crippen molar-refractivity contribution in [1.82, 2.24) is 30.2 Å². The van der Waals surface area contributed by atoms with E-state index in [0.29, 0.717) is 30.2 Å². The van der Waals surface area contributed by atoms with Gasteiger partial charge in [0.1, 0.15) is 11.5 Å². The molecule has 3 aromatic rings. The fraction of sp³-hybridized carbons (Fsp3) is 0.450. The molecule has 0 aromatic carbocycles. The predicted octanol–water partition coefficient (Wildman–Crippen LogP) is 2.89. The van der Waals surface area contributed by atoms with Crippen LogP contribution in [0.1, 0.15) is 58.7 Å². The highest BCUT2D eigenvalue weighted by Crippen LogP contribution is 2.27. The molecular formula is C20H26N6O2. The third kappa shape index (κ3) is 3.95. The first-order valence-electron chi connectivity index (χ1n) is 9.35. The minimum Gasteiger partial charge on any atom is -0.356 e. The summed E-state index contributed by atoms with van der Waals surface area (Å²) < 4.78 is 7.09. The van der Waals surface area contributed by atoms with Gasteiger partial charge in [0, 0.05) is 31.8 Å². The van der Waals surface area contributed by atoms with E-state index < -0.39 is 0 Å². The molecule has 8 nitrogen and oxygen atoms in total. The molecule has 0 aliphatic heterocycles. The van der Waals surface area contributed by atoms with E-state index in [4.69, 9.17) is 4.52 Å². The van der Waals surface area contributed by atoms with Gasteiger partial charge in [-0.3, -0.25) is 9.48 Å². The lowest BCUT2D eigenvalue weighted by atomic mass is 10.1. The molecule has 0 saturated carbocycles. The first-order valence-corrected chi connectivity index (χ1v) is 9.35. The smallest absolute Gasteiger partial charge is 0.269 e. The summed E-state index contributed by atoms with van der Waals surface area (Å²) in [6.45, 7) is 10.2. The molecule has 3 heterocycles. The third-order valence-electron chi connectivity index (χ3n) is 4.76. The summed E-state index contributed by atoms with van der Waals surface area (Å²) in [4.78, 5) is 21.4. The van der Waals surface area contributed by atoms with E-state index >= 15 is 0 Å². The number of hydrogen-bond acceptors (Lipinski definition) is 6. The van der Waals surface area contributed by atoms with Crippen LogP contribution in [0.25, 0.3) is 11.3 Å². The number of aryl methyl sites for hydroxylation is 3. The molecule has 148 valence electrons. The van der Waals surface area contributed by atoms with E-state index in [1.54, 1.807) is 17.9 Å². The van der Waals surface area contributed by atoms with Crippen molar-refractivity contribution in [2.75, 3.05) is 6.54 Å². The maximum Gasteiger partial charge on any atom is 0.269 e. The Bertz CT molecular complexity index is 1000. The molecule has 0 fully saturated rings. The number of nitrogens with one attached hydrogen (secondary N) is 1. The van der Waals surface area contributed by atoms with Gasteiger partial charge in [0.05, 0.1) is 22.6 Å². The van der Waals surface area contributed by atoms with Gasteiger partial charge >= 0.3 is 0 Å². The Kier molecular flexibility index (Phi) is 5.58. The number of carbonyl (C=O) groups excluding carboxylic acids is 1. The van der Waals surface area contributed by atoms with E-state index in [1.807, 2.05) is 26.8 Å². The second-order valence-electron chi connectivity index (χ2n) is 7.24. The topological polar surface area (TPSA) is 98.7 Å². The van der Waals surface area contributed by atoms with Crippen LogP contribution in [0.5, 0.6) is 0 Å². The number of rotatable bonds is 6. The average Bonchev–Trinajstić information content (AvgIpc) is 3.19. The SMILES string of the molecule is Cc1ncc(-c2onc(C)c2C)c(CCNC(=O)c2cc(C(C)C)nn2C)n1. The van der Waals surface area contributed by atoms with Crippen molar-refractivity contribution < 1.29 is 9.32 Å². The largest absolute Gasteiger partial charge is 0.356 e. The van der Waals surface area contributed by atoms with Gasteiger partial charge in [-0.2, -0.15) is 5.10 Å². The Hall–Kier alpha value is -3.03. The number of aromatic nitrogens is 5. The highest BCUT2D eigenvalue weighted by atomic mass is 16.5. The van der Waals surface area contributed by atoms with Gasteiger partial charge in [-0.15, -0.1) is 0 Å². The fourth-order valence-electron chi connectivity index (χ4n) is 2.93. The van der Waals surface area contributed by atoms with Gasteiger partial charge in [-0.05, 0) is 32.8 Å². The molecule has 0 aliphatic carbocycles. The molecule has 0 atom stereocenters. The molecule has 0 aliphatic rings. The molecule has 0 saturated heterocycles. The summed E-state index contributed by atoms with van der Waals surface area (Å²) >= 11 is 0. The Morgan fingerprint density at radius 2 is 2.04 bits per heavy atom. The van der Waals surface area contributed by atoms with Gasteiger partial charge in [0.15, 0.2) is 5.76 Å². The molecule has 0 bridgehead atoms. The van der Waals surface area contributed by atoms with Gasteiger partial charge in [-0.1, -0.05) is 19.0 Å². The zero-order chi connectivity index (χ0) is 20.4. The zero-order valence-electron chi connectivity index (χ0n) is 17.2. The van der Waals surface area contributed by atoms with Crippen LogP contribution in [-0.4, -0.2) is 37.4 Å². The van der Waals surface area contributed by atoms with Gasteiger partial charge < -0.3 is 9.84 Å². The fourth-order valence-corrected chi connectivity index (χ4v) is 2.93. The van der Waals surface area contributed by atoms with Crippen LogP contribution in [0, 0.1) is 20.8 Å². The standard InChI is InChI=1S/C20H26N6O2/c1-11(2)17-9-18(26(6)24-17)20(27)21-8-7-16-15(10-22-14(5)23-16)19-12(3)13(4)25-28-19/h9-11H,7-8H2,1-6H3,(H,21,27). The van der Waals surface area contributed by atoms with Crippen LogP contribution in [0.2, 0.25) is 0 Å². The molecule has 1 N–H and O–H groups in total. The summed E-state index contributed by atoms with van der Waals surface area (Å²) in [5, 5.41) is 11.4. The van der Waals surface area contributed by atoms with Crippen LogP contribution >= 0.6 is 0 Å². The zero-order valence-corrected chi connectivity index (χ0v) is 17.2.